The van der Waals surface area contributed by atoms with Gasteiger partial charge in [0.15, 0.2) is 0 Å². The maximum atomic E-state index is 13.3. The Morgan fingerprint density at radius 3 is 2.36 bits per heavy atom. The van der Waals surface area contributed by atoms with Crippen molar-refractivity contribution in [3.05, 3.63) is 72.8 Å². The summed E-state index contributed by atoms with van der Waals surface area (Å²) in [6, 6.07) is 22.9. The van der Waals surface area contributed by atoms with Crippen LogP contribution in [0.1, 0.15) is 6.92 Å². The lowest BCUT2D eigenvalue weighted by atomic mass is 10.2. The SMILES string of the molecule is CC(=O)Nc1cccc(-c2nnc(SCC(=O)N3c4ccccc4Sc4ccccc43)o2)c1. The van der Waals surface area contributed by atoms with Crippen molar-refractivity contribution in [2.45, 2.75) is 21.9 Å². The Bertz CT molecular complexity index is 1310. The van der Waals surface area contributed by atoms with Gasteiger partial charge in [0.1, 0.15) is 0 Å². The molecule has 164 valence electrons. The predicted octanol–water partition coefficient (Wildman–Crippen LogP) is 5.62. The van der Waals surface area contributed by atoms with E-state index >= 15 is 0 Å². The molecule has 0 atom stereocenters. The van der Waals surface area contributed by atoms with Gasteiger partial charge in [-0.05, 0) is 42.5 Å². The van der Waals surface area contributed by atoms with Crippen molar-refractivity contribution < 1.29 is 14.0 Å². The summed E-state index contributed by atoms with van der Waals surface area (Å²) >= 11 is 2.85. The van der Waals surface area contributed by atoms with Crippen LogP contribution in [-0.4, -0.2) is 27.8 Å². The van der Waals surface area contributed by atoms with Crippen molar-refractivity contribution in [1.82, 2.24) is 10.2 Å². The molecule has 1 aliphatic rings. The van der Waals surface area contributed by atoms with E-state index in [0.29, 0.717) is 22.4 Å². The maximum absolute atomic E-state index is 13.3. The van der Waals surface area contributed by atoms with Gasteiger partial charge in [-0.25, -0.2) is 0 Å². The summed E-state index contributed by atoms with van der Waals surface area (Å²) in [7, 11) is 0. The summed E-state index contributed by atoms with van der Waals surface area (Å²) in [5, 5.41) is 11.2. The van der Waals surface area contributed by atoms with Gasteiger partial charge in [0.25, 0.3) is 5.22 Å². The monoisotopic (exact) mass is 474 g/mol. The van der Waals surface area contributed by atoms with E-state index in [2.05, 4.69) is 15.5 Å². The fourth-order valence-electron chi connectivity index (χ4n) is 3.48. The van der Waals surface area contributed by atoms with Crippen LogP contribution in [0.4, 0.5) is 17.1 Å². The van der Waals surface area contributed by atoms with Gasteiger partial charge in [-0.1, -0.05) is 53.9 Å². The number of nitrogens with one attached hydrogen (secondary N) is 1. The molecule has 0 bridgehead atoms. The number of carbonyl (C=O) groups excluding carboxylic acids is 2. The number of amides is 2. The van der Waals surface area contributed by atoms with Crippen molar-refractivity contribution >= 4 is 52.4 Å². The highest BCUT2D eigenvalue weighted by Gasteiger charge is 2.28. The van der Waals surface area contributed by atoms with E-state index in [4.69, 9.17) is 4.42 Å². The first kappa shape index (κ1) is 21.3. The number of nitrogens with zero attached hydrogens (tertiary/aromatic N) is 3. The molecular formula is C24H18N4O3S2. The third-order valence-corrected chi connectivity index (χ3v) is 6.77. The van der Waals surface area contributed by atoms with E-state index in [-0.39, 0.29) is 17.6 Å². The molecule has 1 aromatic heterocycles. The van der Waals surface area contributed by atoms with E-state index in [1.54, 1.807) is 34.9 Å². The highest BCUT2D eigenvalue weighted by molar-refractivity contribution is 8.00. The Labute approximate surface area is 198 Å². The highest BCUT2D eigenvalue weighted by atomic mass is 32.2. The summed E-state index contributed by atoms with van der Waals surface area (Å²) in [6.07, 6.45) is 0. The van der Waals surface area contributed by atoms with Gasteiger partial charge in [0, 0.05) is 28.0 Å². The zero-order valence-corrected chi connectivity index (χ0v) is 19.2. The number of thioether (sulfide) groups is 1. The molecule has 0 spiro atoms. The fourth-order valence-corrected chi connectivity index (χ4v) is 5.15. The second-order valence-electron chi connectivity index (χ2n) is 7.19. The lowest BCUT2D eigenvalue weighted by Crippen LogP contribution is -2.29. The van der Waals surface area contributed by atoms with Crippen LogP contribution in [-0.2, 0) is 9.59 Å². The van der Waals surface area contributed by atoms with Crippen LogP contribution in [0.15, 0.2) is 92.2 Å². The average Bonchev–Trinajstić information content (AvgIpc) is 3.30. The molecule has 1 N–H and O–H groups in total. The Morgan fingerprint density at radius 1 is 0.970 bits per heavy atom. The van der Waals surface area contributed by atoms with Crippen LogP contribution >= 0.6 is 23.5 Å². The van der Waals surface area contributed by atoms with Crippen LogP contribution in [0.2, 0.25) is 0 Å². The highest BCUT2D eigenvalue weighted by Crippen LogP contribution is 2.48. The van der Waals surface area contributed by atoms with Gasteiger partial charge in [-0.15, -0.1) is 10.2 Å². The van der Waals surface area contributed by atoms with Crippen molar-refractivity contribution in [1.29, 1.82) is 0 Å². The van der Waals surface area contributed by atoms with Crippen molar-refractivity contribution in [3.63, 3.8) is 0 Å². The lowest BCUT2D eigenvalue weighted by molar-refractivity contribution is -0.115. The smallest absolute Gasteiger partial charge is 0.277 e. The Morgan fingerprint density at radius 2 is 1.67 bits per heavy atom. The number of rotatable bonds is 5. The molecule has 9 heteroatoms. The minimum atomic E-state index is -0.160. The molecular weight excluding hydrogens is 456 g/mol. The quantitative estimate of drug-likeness (QED) is 0.376. The van der Waals surface area contributed by atoms with E-state index < -0.39 is 0 Å². The van der Waals surface area contributed by atoms with E-state index in [1.165, 1.54) is 18.7 Å². The summed E-state index contributed by atoms with van der Waals surface area (Å²) < 4.78 is 5.76. The van der Waals surface area contributed by atoms with Crippen molar-refractivity contribution in [2.75, 3.05) is 16.0 Å². The number of benzene rings is 3. The second-order valence-corrected chi connectivity index (χ2v) is 9.20. The third-order valence-electron chi connectivity index (χ3n) is 4.84. The first-order valence-corrected chi connectivity index (χ1v) is 11.9. The first-order valence-electron chi connectivity index (χ1n) is 10.1. The van der Waals surface area contributed by atoms with E-state index in [9.17, 15) is 9.59 Å². The van der Waals surface area contributed by atoms with Crippen LogP contribution in [0.3, 0.4) is 0 Å². The average molecular weight is 475 g/mol. The Kier molecular flexibility index (Phi) is 5.89. The molecule has 0 saturated carbocycles. The third kappa shape index (κ3) is 4.50. The summed E-state index contributed by atoms with van der Waals surface area (Å²) in [5.41, 5.74) is 3.06. The molecule has 5 rings (SSSR count). The number of para-hydroxylation sites is 2. The van der Waals surface area contributed by atoms with Gasteiger partial charge >= 0.3 is 0 Å². The lowest BCUT2D eigenvalue weighted by Gasteiger charge is -2.30. The summed E-state index contributed by atoms with van der Waals surface area (Å²) in [4.78, 5) is 28.4. The molecule has 33 heavy (non-hydrogen) atoms. The largest absolute Gasteiger partial charge is 0.411 e. The van der Waals surface area contributed by atoms with Crippen LogP contribution in [0.5, 0.6) is 0 Å². The number of carbonyl (C=O) groups is 2. The molecule has 0 fully saturated rings. The number of fused-ring (bicyclic) bond motifs is 2. The van der Waals surface area contributed by atoms with Crippen LogP contribution in [0, 0.1) is 0 Å². The van der Waals surface area contributed by atoms with Gasteiger partial charge in [0.05, 0.1) is 17.1 Å². The minimum Gasteiger partial charge on any atom is -0.411 e. The first-order chi connectivity index (χ1) is 16.1. The fraction of sp³-hybridized carbons (Fsp3) is 0.0833. The molecule has 0 aliphatic carbocycles. The summed E-state index contributed by atoms with van der Waals surface area (Å²) in [5.74, 6) is 0.225. The number of aromatic nitrogens is 2. The predicted molar refractivity (Wildman–Crippen MR) is 129 cm³/mol. The zero-order chi connectivity index (χ0) is 22.8. The van der Waals surface area contributed by atoms with Crippen LogP contribution in [0.25, 0.3) is 11.5 Å². The molecule has 7 nitrogen and oxygen atoms in total. The number of hydrogen-bond donors (Lipinski definition) is 1. The van der Waals surface area contributed by atoms with Gasteiger partial charge in [-0.2, -0.15) is 0 Å². The van der Waals surface area contributed by atoms with Gasteiger partial charge < -0.3 is 9.73 Å². The standard InChI is InChI=1S/C24H18N4O3S2/c1-15(29)25-17-8-6-7-16(13-17)23-26-27-24(31-23)32-14-22(30)28-18-9-2-4-11-20(18)33-21-12-5-3-10-19(21)28/h2-13H,14H2,1H3,(H,25,29). The molecule has 0 unspecified atom stereocenters. The van der Waals surface area contributed by atoms with Gasteiger partial charge in [-0.3, -0.25) is 14.5 Å². The maximum Gasteiger partial charge on any atom is 0.277 e. The molecule has 0 saturated heterocycles. The summed E-state index contributed by atoms with van der Waals surface area (Å²) in [6.45, 7) is 1.45. The molecule has 3 aromatic carbocycles. The van der Waals surface area contributed by atoms with E-state index in [0.717, 1.165) is 21.2 Å². The Balaban J connectivity index is 1.33. The van der Waals surface area contributed by atoms with Crippen molar-refractivity contribution in [3.8, 4) is 11.5 Å². The van der Waals surface area contributed by atoms with Crippen molar-refractivity contribution in [2.24, 2.45) is 0 Å². The number of hydrogen-bond acceptors (Lipinski definition) is 7. The second kappa shape index (κ2) is 9.13. The molecule has 2 heterocycles. The minimum absolute atomic E-state index is 0.0763. The molecule has 1 aliphatic heterocycles. The normalized spacial score (nSPS) is 12.1. The topological polar surface area (TPSA) is 88.3 Å². The zero-order valence-electron chi connectivity index (χ0n) is 17.5. The Hall–Kier alpha value is -3.56. The van der Waals surface area contributed by atoms with E-state index in [1.807, 2.05) is 54.6 Å². The van der Waals surface area contributed by atoms with Crippen LogP contribution < -0.4 is 10.2 Å². The molecule has 2 amide bonds. The van der Waals surface area contributed by atoms with Gasteiger partial charge in [0.2, 0.25) is 17.7 Å². The number of anilines is 3. The molecule has 0 radical (unpaired) electrons. The molecule has 4 aromatic rings.